The highest BCUT2D eigenvalue weighted by atomic mass is 32.1. The van der Waals surface area contributed by atoms with Crippen LogP contribution < -0.4 is 10.6 Å². The number of thiophene rings is 1. The number of rotatable bonds is 6. The molecule has 0 fully saturated rings. The Balaban J connectivity index is 2.06. The zero-order valence-electron chi connectivity index (χ0n) is 13.5. The summed E-state index contributed by atoms with van der Waals surface area (Å²) >= 11 is 1.12. The molecule has 2 aromatic heterocycles. The van der Waals surface area contributed by atoms with Crippen LogP contribution in [0.4, 0.5) is 5.00 Å². The first-order valence-corrected chi connectivity index (χ1v) is 8.10. The number of nitrogens with one attached hydrogen (secondary N) is 2. The maximum atomic E-state index is 12.3. The Morgan fingerprint density at radius 3 is 2.54 bits per heavy atom. The van der Waals surface area contributed by atoms with Crippen molar-refractivity contribution in [2.24, 2.45) is 5.92 Å². The van der Waals surface area contributed by atoms with E-state index in [9.17, 15) is 14.4 Å². The molecule has 2 amide bonds. The minimum atomic E-state index is -0.975. The van der Waals surface area contributed by atoms with E-state index < -0.39 is 23.8 Å². The average Bonchev–Trinajstić information content (AvgIpc) is 3.15. The van der Waals surface area contributed by atoms with Crippen LogP contribution in [0.25, 0.3) is 0 Å². The molecule has 2 aromatic rings. The van der Waals surface area contributed by atoms with E-state index in [2.05, 4.69) is 10.6 Å². The van der Waals surface area contributed by atoms with Gasteiger partial charge in [-0.25, -0.2) is 0 Å². The van der Waals surface area contributed by atoms with Crippen molar-refractivity contribution in [2.45, 2.75) is 26.8 Å². The maximum Gasteiger partial charge on any atom is 0.308 e. The number of aliphatic carboxylic acids is 1. The number of hydrogen-bond donors (Lipinski definition) is 3. The Kier molecular flexibility index (Phi) is 5.40. The third-order valence-electron chi connectivity index (χ3n) is 3.60. The molecule has 3 N–H and O–H groups in total. The summed E-state index contributed by atoms with van der Waals surface area (Å²) in [5, 5.41) is 14.8. The van der Waals surface area contributed by atoms with E-state index in [0.29, 0.717) is 15.4 Å². The topological polar surface area (TPSA) is 109 Å². The number of amides is 2. The van der Waals surface area contributed by atoms with Gasteiger partial charge < -0.3 is 20.2 Å². The maximum absolute atomic E-state index is 12.3. The summed E-state index contributed by atoms with van der Waals surface area (Å²) in [6, 6.07) is 4.32. The molecule has 24 heavy (non-hydrogen) atoms. The molecule has 2 rings (SSSR count). The van der Waals surface area contributed by atoms with Gasteiger partial charge in [0, 0.05) is 6.04 Å². The molecular formula is C16H18N2O5S. The lowest BCUT2D eigenvalue weighted by molar-refractivity contribution is -0.141. The van der Waals surface area contributed by atoms with Crippen LogP contribution in [0.1, 0.15) is 39.6 Å². The van der Waals surface area contributed by atoms with Gasteiger partial charge in [-0.1, -0.05) is 0 Å². The predicted octanol–water partition coefficient (Wildman–Crippen LogP) is 2.74. The van der Waals surface area contributed by atoms with Crippen LogP contribution in [0, 0.1) is 12.8 Å². The largest absolute Gasteiger partial charge is 0.481 e. The van der Waals surface area contributed by atoms with Crippen molar-refractivity contribution in [1.82, 2.24) is 5.32 Å². The minimum absolute atomic E-state index is 0.177. The van der Waals surface area contributed by atoms with Crippen LogP contribution in [0.5, 0.6) is 0 Å². The molecule has 0 radical (unpaired) electrons. The Bertz CT molecular complexity index is 751. The molecule has 0 aliphatic rings. The second kappa shape index (κ2) is 7.31. The lowest BCUT2D eigenvalue weighted by Crippen LogP contribution is -2.39. The van der Waals surface area contributed by atoms with E-state index in [0.717, 1.165) is 11.3 Å². The zero-order chi connectivity index (χ0) is 17.9. The summed E-state index contributed by atoms with van der Waals surface area (Å²) in [4.78, 5) is 35.6. The van der Waals surface area contributed by atoms with Gasteiger partial charge in [0.1, 0.15) is 0 Å². The van der Waals surface area contributed by atoms with Crippen LogP contribution in [0.3, 0.4) is 0 Å². The Morgan fingerprint density at radius 2 is 1.96 bits per heavy atom. The molecule has 0 aromatic carbocycles. The van der Waals surface area contributed by atoms with Crippen LogP contribution in [0.15, 0.2) is 28.9 Å². The summed E-state index contributed by atoms with van der Waals surface area (Å²) in [5.41, 5.74) is 0.697. The van der Waals surface area contributed by atoms with E-state index in [1.165, 1.54) is 13.2 Å². The van der Waals surface area contributed by atoms with E-state index in [4.69, 9.17) is 9.52 Å². The van der Waals surface area contributed by atoms with Gasteiger partial charge >= 0.3 is 5.97 Å². The summed E-state index contributed by atoms with van der Waals surface area (Å²) in [7, 11) is 0. The molecule has 0 spiro atoms. The third-order valence-corrected chi connectivity index (χ3v) is 4.76. The minimum Gasteiger partial charge on any atom is -0.481 e. The number of anilines is 1. The highest BCUT2D eigenvalue weighted by molar-refractivity contribution is 7.18. The molecule has 128 valence electrons. The molecule has 0 bridgehead atoms. The summed E-state index contributed by atoms with van der Waals surface area (Å²) in [6.45, 7) is 4.92. The molecular weight excluding hydrogens is 332 g/mol. The number of carbonyl (C=O) groups excluding carboxylic acids is 2. The standard InChI is InChI=1S/C16H18N2O5S/c1-8-7-12(18-14(19)11-5-4-6-23-11)24-13(8)15(20)17-10(3)9(2)16(21)22/h4-7,9-10H,1-3H3,(H,17,20)(H,18,19)(H,21,22). The first-order valence-electron chi connectivity index (χ1n) is 7.28. The Morgan fingerprint density at radius 1 is 1.25 bits per heavy atom. The molecule has 7 nitrogen and oxygen atoms in total. The molecule has 2 unspecified atom stereocenters. The van der Waals surface area contributed by atoms with E-state index in [-0.39, 0.29) is 11.7 Å². The molecule has 0 saturated heterocycles. The predicted molar refractivity (Wildman–Crippen MR) is 89.4 cm³/mol. The molecule has 8 heteroatoms. The summed E-state index contributed by atoms with van der Waals surface area (Å²) < 4.78 is 5.01. The number of carboxylic acid groups (broad SMARTS) is 1. The van der Waals surface area contributed by atoms with Gasteiger partial charge in [-0.3, -0.25) is 14.4 Å². The van der Waals surface area contributed by atoms with Crippen molar-refractivity contribution < 1.29 is 23.9 Å². The fraction of sp³-hybridized carbons (Fsp3) is 0.312. The third kappa shape index (κ3) is 4.02. The van der Waals surface area contributed by atoms with Crippen molar-refractivity contribution in [3.63, 3.8) is 0 Å². The highest BCUT2D eigenvalue weighted by Crippen LogP contribution is 2.27. The molecule has 0 saturated carbocycles. The number of carboxylic acids is 1. The van der Waals surface area contributed by atoms with Crippen molar-refractivity contribution in [3.05, 3.63) is 40.7 Å². The second-order valence-electron chi connectivity index (χ2n) is 5.44. The molecule has 2 heterocycles. The highest BCUT2D eigenvalue weighted by Gasteiger charge is 2.23. The van der Waals surface area contributed by atoms with Gasteiger partial charge in [-0.05, 0) is 44.5 Å². The van der Waals surface area contributed by atoms with Crippen LogP contribution in [-0.4, -0.2) is 28.9 Å². The molecule has 0 aliphatic heterocycles. The van der Waals surface area contributed by atoms with Gasteiger partial charge in [0.25, 0.3) is 11.8 Å². The lowest BCUT2D eigenvalue weighted by Gasteiger charge is -2.17. The monoisotopic (exact) mass is 350 g/mol. The van der Waals surface area contributed by atoms with Crippen LogP contribution >= 0.6 is 11.3 Å². The van der Waals surface area contributed by atoms with Crippen molar-refractivity contribution >= 4 is 34.1 Å². The van der Waals surface area contributed by atoms with E-state index in [1.807, 2.05) is 0 Å². The number of carbonyl (C=O) groups is 3. The first-order chi connectivity index (χ1) is 11.3. The van der Waals surface area contributed by atoms with Crippen molar-refractivity contribution in [3.8, 4) is 0 Å². The quantitative estimate of drug-likeness (QED) is 0.742. The number of furan rings is 1. The van der Waals surface area contributed by atoms with Crippen molar-refractivity contribution in [2.75, 3.05) is 5.32 Å². The van der Waals surface area contributed by atoms with Crippen molar-refractivity contribution in [1.29, 1.82) is 0 Å². The average molecular weight is 350 g/mol. The zero-order valence-corrected chi connectivity index (χ0v) is 14.3. The SMILES string of the molecule is Cc1cc(NC(=O)c2ccco2)sc1C(=O)NC(C)C(C)C(=O)O. The second-order valence-corrected chi connectivity index (χ2v) is 6.50. The van der Waals surface area contributed by atoms with E-state index >= 15 is 0 Å². The van der Waals surface area contributed by atoms with Crippen LogP contribution in [-0.2, 0) is 4.79 Å². The smallest absolute Gasteiger partial charge is 0.308 e. The van der Waals surface area contributed by atoms with Crippen LogP contribution in [0.2, 0.25) is 0 Å². The van der Waals surface area contributed by atoms with Gasteiger partial charge in [0.15, 0.2) is 5.76 Å². The molecule has 0 aliphatic carbocycles. The fourth-order valence-corrected chi connectivity index (χ4v) is 2.93. The fourth-order valence-electron chi connectivity index (χ4n) is 1.96. The summed E-state index contributed by atoms with van der Waals surface area (Å²) in [5.74, 6) is -2.27. The van der Waals surface area contributed by atoms with Gasteiger partial charge in [0.2, 0.25) is 0 Å². The lowest BCUT2D eigenvalue weighted by atomic mass is 10.0. The van der Waals surface area contributed by atoms with E-state index in [1.54, 1.807) is 32.0 Å². The first kappa shape index (κ1) is 17.7. The van der Waals surface area contributed by atoms with Gasteiger partial charge in [0.05, 0.1) is 22.1 Å². The summed E-state index contributed by atoms with van der Waals surface area (Å²) in [6.07, 6.45) is 1.40. The normalized spacial score (nSPS) is 13.1. The number of hydrogen-bond acceptors (Lipinski definition) is 5. The molecule has 2 atom stereocenters. The Hall–Kier alpha value is -2.61. The Labute approximate surface area is 142 Å². The van der Waals surface area contributed by atoms with Gasteiger partial charge in [-0.2, -0.15) is 0 Å². The van der Waals surface area contributed by atoms with Gasteiger partial charge in [-0.15, -0.1) is 11.3 Å². The number of aryl methyl sites for hydroxylation is 1.